The molecule has 2 N–H and O–H groups in total. The molecule has 0 spiro atoms. The van der Waals surface area contributed by atoms with Gasteiger partial charge in [-0.3, -0.25) is 0 Å². The molecule has 0 aromatic heterocycles. The van der Waals surface area contributed by atoms with Crippen molar-refractivity contribution in [2.24, 2.45) is 5.73 Å². The Morgan fingerprint density at radius 1 is 1.67 bits per heavy atom. The molecule has 0 radical (unpaired) electrons. The van der Waals surface area contributed by atoms with Crippen molar-refractivity contribution in [1.29, 1.82) is 0 Å². The van der Waals surface area contributed by atoms with Crippen molar-refractivity contribution < 1.29 is 0 Å². The van der Waals surface area contributed by atoms with E-state index in [1.165, 1.54) is 0 Å². The third-order valence-electron chi connectivity index (χ3n) is 0.883. The molecule has 0 saturated heterocycles. The van der Waals surface area contributed by atoms with Crippen molar-refractivity contribution in [2.45, 2.75) is 13.3 Å². The highest BCUT2D eigenvalue weighted by Crippen LogP contribution is 1.92. The molecule has 0 aromatic carbocycles. The zero-order valence-electron chi connectivity index (χ0n) is 5.80. The van der Waals surface area contributed by atoms with Crippen molar-refractivity contribution in [3.63, 3.8) is 0 Å². The Labute approximate surface area is 56.6 Å². The topological polar surface area (TPSA) is 26.0 Å². The zero-order valence-corrected chi connectivity index (χ0v) is 5.80. The minimum absolute atomic E-state index is 0.768. The lowest BCUT2D eigenvalue weighted by Crippen LogP contribution is -1.93. The van der Waals surface area contributed by atoms with Gasteiger partial charge in [0.2, 0.25) is 0 Å². The number of rotatable bonds is 3. The lowest BCUT2D eigenvalue weighted by atomic mass is 10.3. The van der Waals surface area contributed by atoms with Crippen molar-refractivity contribution in [3.05, 3.63) is 36.6 Å². The molecule has 1 heteroatoms. The first kappa shape index (κ1) is 8.02. The van der Waals surface area contributed by atoms with E-state index in [1.807, 2.05) is 25.2 Å². The normalized spacial score (nSPS) is 12.3. The molecule has 0 aromatic rings. The van der Waals surface area contributed by atoms with E-state index in [4.69, 9.17) is 5.73 Å². The number of hydrogen-bond acceptors (Lipinski definition) is 1. The van der Waals surface area contributed by atoms with Gasteiger partial charge in [0, 0.05) is 12.1 Å². The molecule has 0 bridgehead atoms. The van der Waals surface area contributed by atoms with Gasteiger partial charge >= 0.3 is 0 Å². The van der Waals surface area contributed by atoms with Gasteiger partial charge in [-0.05, 0) is 13.0 Å². The summed E-state index contributed by atoms with van der Waals surface area (Å²) in [6.45, 7) is 5.52. The van der Waals surface area contributed by atoms with Crippen molar-refractivity contribution in [2.75, 3.05) is 0 Å². The average Bonchev–Trinajstić information content (AvgIpc) is 1.85. The summed E-state index contributed by atoms with van der Waals surface area (Å²) in [5, 5.41) is 0. The summed E-state index contributed by atoms with van der Waals surface area (Å²) in [6, 6.07) is 0. The van der Waals surface area contributed by atoms with Crippen LogP contribution in [0, 0.1) is 0 Å². The highest BCUT2D eigenvalue weighted by Gasteiger charge is 1.78. The predicted molar refractivity (Wildman–Crippen MR) is 41.9 cm³/mol. The van der Waals surface area contributed by atoms with Crippen LogP contribution in [0.5, 0.6) is 0 Å². The second-order valence-electron chi connectivity index (χ2n) is 1.76. The van der Waals surface area contributed by atoms with E-state index >= 15 is 0 Å². The van der Waals surface area contributed by atoms with E-state index in [9.17, 15) is 0 Å². The van der Waals surface area contributed by atoms with E-state index in [0.717, 1.165) is 12.1 Å². The number of nitrogens with two attached hydrogens (primary N) is 1. The molecule has 0 heterocycles. The quantitative estimate of drug-likeness (QED) is 0.450. The molecule has 50 valence electrons. The van der Waals surface area contributed by atoms with Crippen LogP contribution in [0.4, 0.5) is 0 Å². The monoisotopic (exact) mass is 123 g/mol. The fraction of sp³-hybridized carbons (Fsp3) is 0.250. The molecule has 0 fully saturated rings. The lowest BCUT2D eigenvalue weighted by Gasteiger charge is -1.89. The summed E-state index contributed by atoms with van der Waals surface area (Å²) in [5.41, 5.74) is 6.36. The Balaban J connectivity index is 3.68. The van der Waals surface area contributed by atoms with Crippen LogP contribution in [-0.2, 0) is 0 Å². The smallest absolute Gasteiger partial charge is 0.0119 e. The van der Waals surface area contributed by atoms with Gasteiger partial charge in [-0.2, -0.15) is 0 Å². The summed E-state index contributed by atoms with van der Waals surface area (Å²) in [4.78, 5) is 0. The molecular weight excluding hydrogens is 110 g/mol. The molecular formula is C8H13N. The number of hydrogen-bond donors (Lipinski definition) is 1. The van der Waals surface area contributed by atoms with Crippen molar-refractivity contribution in [1.82, 2.24) is 0 Å². The zero-order chi connectivity index (χ0) is 7.11. The first-order valence-electron chi connectivity index (χ1n) is 2.99. The van der Waals surface area contributed by atoms with Crippen molar-refractivity contribution >= 4 is 0 Å². The van der Waals surface area contributed by atoms with Crippen LogP contribution < -0.4 is 5.73 Å². The Bertz CT molecular complexity index is 132. The first-order valence-corrected chi connectivity index (χ1v) is 2.99. The van der Waals surface area contributed by atoms with Crippen LogP contribution in [0.2, 0.25) is 0 Å². The molecule has 0 saturated carbocycles. The second kappa shape index (κ2) is 5.16. The van der Waals surface area contributed by atoms with Crippen LogP contribution in [0.25, 0.3) is 0 Å². The lowest BCUT2D eigenvalue weighted by molar-refractivity contribution is 1.17. The van der Waals surface area contributed by atoms with Gasteiger partial charge < -0.3 is 5.73 Å². The Kier molecular flexibility index (Phi) is 4.60. The third-order valence-corrected chi connectivity index (χ3v) is 0.883. The fourth-order valence-corrected chi connectivity index (χ4v) is 0.455. The third kappa shape index (κ3) is 4.88. The molecule has 0 aliphatic rings. The summed E-state index contributed by atoms with van der Waals surface area (Å²) < 4.78 is 0. The van der Waals surface area contributed by atoms with Gasteiger partial charge in [0.1, 0.15) is 0 Å². The highest BCUT2D eigenvalue weighted by molar-refractivity contribution is 5.10. The molecule has 0 rings (SSSR count). The summed E-state index contributed by atoms with van der Waals surface area (Å²) in [6.07, 6.45) is 8.29. The maximum absolute atomic E-state index is 5.51. The van der Waals surface area contributed by atoms with E-state index in [2.05, 4.69) is 6.58 Å². The van der Waals surface area contributed by atoms with Crippen LogP contribution in [-0.4, -0.2) is 0 Å². The summed E-state index contributed by atoms with van der Waals surface area (Å²) in [5.74, 6) is 0. The first-order chi connectivity index (χ1) is 4.31. The van der Waals surface area contributed by atoms with Crippen LogP contribution in [0.15, 0.2) is 36.6 Å². The Hall–Kier alpha value is -0.980. The minimum atomic E-state index is 0.768. The molecule has 9 heavy (non-hydrogen) atoms. The molecule has 0 unspecified atom stereocenters. The van der Waals surface area contributed by atoms with Crippen LogP contribution in [0.1, 0.15) is 13.3 Å². The largest absolute Gasteiger partial charge is 0.402 e. The minimum Gasteiger partial charge on any atom is -0.402 e. The van der Waals surface area contributed by atoms with E-state index in [0.29, 0.717) is 0 Å². The van der Waals surface area contributed by atoms with Gasteiger partial charge in [-0.1, -0.05) is 18.2 Å². The van der Waals surface area contributed by atoms with Gasteiger partial charge in [0.05, 0.1) is 0 Å². The average molecular weight is 123 g/mol. The van der Waals surface area contributed by atoms with Gasteiger partial charge in [0.15, 0.2) is 0 Å². The fourth-order valence-electron chi connectivity index (χ4n) is 0.455. The number of allylic oxidation sites excluding steroid dienone is 4. The van der Waals surface area contributed by atoms with E-state index in [-0.39, 0.29) is 0 Å². The molecule has 0 amide bonds. The molecule has 0 aliphatic heterocycles. The second-order valence-corrected chi connectivity index (χ2v) is 1.76. The van der Waals surface area contributed by atoms with Gasteiger partial charge in [0.25, 0.3) is 0 Å². The Morgan fingerprint density at radius 3 is 2.78 bits per heavy atom. The van der Waals surface area contributed by atoms with E-state index in [1.54, 1.807) is 6.08 Å². The van der Waals surface area contributed by atoms with Gasteiger partial charge in [-0.25, -0.2) is 0 Å². The summed E-state index contributed by atoms with van der Waals surface area (Å²) in [7, 11) is 0. The SMILES string of the molecule is C=CC/C(N)=C\C=C/C. The maximum atomic E-state index is 5.51. The van der Waals surface area contributed by atoms with E-state index < -0.39 is 0 Å². The van der Waals surface area contributed by atoms with Crippen LogP contribution >= 0.6 is 0 Å². The Morgan fingerprint density at radius 2 is 2.33 bits per heavy atom. The van der Waals surface area contributed by atoms with Crippen LogP contribution in [0.3, 0.4) is 0 Å². The molecule has 0 atom stereocenters. The standard InChI is InChI=1S/C8H13N/c1-3-5-7-8(9)6-4-2/h3-5,7H,2,6,9H2,1H3/b5-3-,8-7+. The predicted octanol–water partition coefficient (Wildman–Crippen LogP) is 1.98. The molecule has 0 aliphatic carbocycles. The highest BCUT2D eigenvalue weighted by atomic mass is 14.6. The summed E-state index contributed by atoms with van der Waals surface area (Å²) >= 11 is 0. The van der Waals surface area contributed by atoms with Crippen molar-refractivity contribution in [3.8, 4) is 0 Å². The maximum Gasteiger partial charge on any atom is 0.0119 e. The molecule has 1 nitrogen and oxygen atoms in total. The van der Waals surface area contributed by atoms with Gasteiger partial charge in [-0.15, -0.1) is 6.58 Å².